The van der Waals surface area contributed by atoms with Crippen molar-refractivity contribution >= 4 is 0 Å². The largest absolute Gasteiger partial charge is 0.309 e. The third-order valence-electron chi connectivity index (χ3n) is 4.50. The summed E-state index contributed by atoms with van der Waals surface area (Å²) in [5, 5.41) is 3.71. The molecule has 2 fully saturated rings. The predicted octanol–water partition coefficient (Wildman–Crippen LogP) is 2.39. The fourth-order valence-electron chi connectivity index (χ4n) is 3.09. The fraction of sp³-hybridized carbons (Fsp3) is 1.00. The number of nitrogens with zero attached hydrogens (tertiary/aromatic N) is 1. The first-order valence-electron chi connectivity index (χ1n) is 6.65. The summed E-state index contributed by atoms with van der Waals surface area (Å²) in [5.41, 5.74) is 0.356. The fourth-order valence-corrected chi connectivity index (χ4v) is 3.09. The Balaban J connectivity index is 2.01. The highest BCUT2D eigenvalue weighted by molar-refractivity contribution is 4.96. The van der Waals surface area contributed by atoms with Crippen LogP contribution in [0.1, 0.15) is 52.9 Å². The quantitative estimate of drug-likeness (QED) is 0.753. The van der Waals surface area contributed by atoms with Crippen molar-refractivity contribution in [1.82, 2.24) is 10.2 Å². The molecule has 2 unspecified atom stereocenters. The third kappa shape index (κ3) is 2.36. The molecule has 15 heavy (non-hydrogen) atoms. The molecule has 0 bridgehead atoms. The molecule has 1 heterocycles. The van der Waals surface area contributed by atoms with Gasteiger partial charge >= 0.3 is 0 Å². The van der Waals surface area contributed by atoms with E-state index >= 15 is 0 Å². The van der Waals surface area contributed by atoms with Crippen molar-refractivity contribution in [3.05, 3.63) is 0 Å². The first kappa shape index (κ1) is 11.4. The topological polar surface area (TPSA) is 15.3 Å². The zero-order chi connectivity index (χ0) is 10.9. The van der Waals surface area contributed by atoms with Crippen LogP contribution in [0.3, 0.4) is 0 Å². The summed E-state index contributed by atoms with van der Waals surface area (Å²) in [7, 11) is 0. The average Bonchev–Trinajstić information content (AvgIpc) is 2.75. The lowest BCUT2D eigenvalue weighted by Crippen LogP contribution is -2.63. The Bertz CT molecular complexity index is 211. The molecular weight excluding hydrogens is 184 g/mol. The normalized spacial score (nSPS) is 39.8. The molecule has 1 saturated carbocycles. The minimum atomic E-state index is 0.356. The van der Waals surface area contributed by atoms with E-state index in [1.54, 1.807) is 0 Å². The Kier molecular flexibility index (Phi) is 3.36. The van der Waals surface area contributed by atoms with Gasteiger partial charge in [-0.05, 0) is 33.1 Å². The van der Waals surface area contributed by atoms with E-state index in [0.717, 1.165) is 12.1 Å². The van der Waals surface area contributed by atoms with Crippen molar-refractivity contribution in [2.75, 3.05) is 13.1 Å². The van der Waals surface area contributed by atoms with Crippen molar-refractivity contribution in [1.29, 1.82) is 0 Å². The molecule has 2 atom stereocenters. The van der Waals surface area contributed by atoms with Crippen LogP contribution in [0.2, 0.25) is 0 Å². The molecule has 1 saturated heterocycles. The van der Waals surface area contributed by atoms with Crippen molar-refractivity contribution in [2.45, 2.75) is 70.5 Å². The van der Waals surface area contributed by atoms with Gasteiger partial charge in [-0.3, -0.25) is 4.90 Å². The van der Waals surface area contributed by atoms with Crippen LogP contribution >= 0.6 is 0 Å². The number of nitrogens with one attached hydrogen (secondary N) is 1. The molecule has 88 valence electrons. The van der Waals surface area contributed by atoms with Gasteiger partial charge in [0.1, 0.15) is 0 Å². The Morgan fingerprint density at radius 2 is 2.00 bits per heavy atom. The minimum Gasteiger partial charge on any atom is -0.309 e. The lowest BCUT2D eigenvalue weighted by molar-refractivity contribution is 0.0558. The van der Waals surface area contributed by atoms with Gasteiger partial charge in [-0.25, -0.2) is 0 Å². The summed E-state index contributed by atoms with van der Waals surface area (Å²) in [6.45, 7) is 9.47. The SMILES string of the molecule is CCC1(C)CN(C2CCCC2)C(C)CN1. The highest BCUT2D eigenvalue weighted by Crippen LogP contribution is 2.29. The molecule has 1 aliphatic carbocycles. The Labute approximate surface area is 94.4 Å². The molecule has 0 aromatic rings. The second-order valence-corrected chi connectivity index (χ2v) is 5.75. The van der Waals surface area contributed by atoms with Gasteiger partial charge in [-0.1, -0.05) is 19.8 Å². The number of rotatable bonds is 2. The Hall–Kier alpha value is -0.0800. The van der Waals surface area contributed by atoms with E-state index in [1.165, 1.54) is 45.2 Å². The van der Waals surface area contributed by atoms with Crippen LogP contribution in [0.5, 0.6) is 0 Å². The maximum atomic E-state index is 3.71. The summed E-state index contributed by atoms with van der Waals surface area (Å²) in [5.74, 6) is 0. The highest BCUT2D eigenvalue weighted by atomic mass is 15.3. The first-order chi connectivity index (χ1) is 7.14. The van der Waals surface area contributed by atoms with Gasteiger partial charge in [0.15, 0.2) is 0 Å². The van der Waals surface area contributed by atoms with E-state index in [2.05, 4.69) is 31.0 Å². The minimum absolute atomic E-state index is 0.356. The maximum absolute atomic E-state index is 3.71. The molecule has 0 radical (unpaired) electrons. The van der Waals surface area contributed by atoms with Crippen molar-refractivity contribution in [3.63, 3.8) is 0 Å². The van der Waals surface area contributed by atoms with Crippen LogP contribution in [0.25, 0.3) is 0 Å². The standard InChI is InChI=1S/C13H26N2/c1-4-13(3)10-15(11(2)9-14-13)12-7-5-6-8-12/h11-12,14H,4-10H2,1-3H3. The lowest BCUT2D eigenvalue weighted by Gasteiger charge is -2.47. The Morgan fingerprint density at radius 1 is 1.33 bits per heavy atom. The van der Waals surface area contributed by atoms with Crippen LogP contribution in [0.15, 0.2) is 0 Å². The van der Waals surface area contributed by atoms with E-state index in [4.69, 9.17) is 0 Å². The highest BCUT2D eigenvalue weighted by Gasteiger charge is 2.36. The van der Waals surface area contributed by atoms with Crippen molar-refractivity contribution in [3.8, 4) is 0 Å². The number of hydrogen-bond donors (Lipinski definition) is 1. The monoisotopic (exact) mass is 210 g/mol. The van der Waals surface area contributed by atoms with E-state index in [9.17, 15) is 0 Å². The van der Waals surface area contributed by atoms with Crippen molar-refractivity contribution in [2.24, 2.45) is 0 Å². The first-order valence-corrected chi connectivity index (χ1v) is 6.65. The predicted molar refractivity (Wildman–Crippen MR) is 65.1 cm³/mol. The van der Waals surface area contributed by atoms with Gasteiger partial charge in [0.05, 0.1) is 0 Å². The van der Waals surface area contributed by atoms with E-state index in [0.29, 0.717) is 5.54 Å². The molecular formula is C13H26N2. The van der Waals surface area contributed by atoms with Gasteiger partial charge in [0, 0.05) is 30.7 Å². The van der Waals surface area contributed by atoms with Gasteiger partial charge in [0.25, 0.3) is 0 Å². The van der Waals surface area contributed by atoms with Gasteiger partial charge in [-0.2, -0.15) is 0 Å². The zero-order valence-electron chi connectivity index (χ0n) is 10.6. The van der Waals surface area contributed by atoms with Crippen LogP contribution in [0.4, 0.5) is 0 Å². The number of piperazine rings is 1. The Morgan fingerprint density at radius 3 is 2.60 bits per heavy atom. The summed E-state index contributed by atoms with van der Waals surface area (Å²) < 4.78 is 0. The summed E-state index contributed by atoms with van der Waals surface area (Å²) in [6.07, 6.45) is 7.01. The van der Waals surface area contributed by atoms with E-state index < -0.39 is 0 Å². The van der Waals surface area contributed by atoms with E-state index in [1.807, 2.05) is 0 Å². The lowest BCUT2D eigenvalue weighted by atomic mass is 9.92. The van der Waals surface area contributed by atoms with Crippen LogP contribution in [-0.4, -0.2) is 35.6 Å². The van der Waals surface area contributed by atoms with Crippen LogP contribution in [-0.2, 0) is 0 Å². The molecule has 0 spiro atoms. The second-order valence-electron chi connectivity index (χ2n) is 5.75. The molecule has 0 aromatic carbocycles. The van der Waals surface area contributed by atoms with Crippen LogP contribution in [0, 0.1) is 0 Å². The molecule has 0 aromatic heterocycles. The summed E-state index contributed by atoms with van der Waals surface area (Å²) >= 11 is 0. The van der Waals surface area contributed by atoms with Gasteiger partial charge in [0.2, 0.25) is 0 Å². The maximum Gasteiger partial charge on any atom is 0.0278 e. The summed E-state index contributed by atoms with van der Waals surface area (Å²) in [6, 6.07) is 1.61. The molecule has 2 rings (SSSR count). The van der Waals surface area contributed by atoms with Gasteiger partial charge < -0.3 is 5.32 Å². The zero-order valence-corrected chi connectivity index (χ0v) is 10.6. The van der Waals surface area contributed by atoms with Crippen LogP contribution < -0.4 is 5.32 Å². The van der Waals surface area contributed by atoms with Crippen molar-refractivity contribution < 1.29 is 0 Å². The molecule has 2 nitrogen and oxygen atoms in total. The average molecular weight is 210 g/mol. The molecule has 2 heteroatoms. The van der Waals surface area contributed by atoms with E-state index in [-0.39, 0.29) is 0 Å². The number of hydrogen-bond acceptors (Lipinski definition) is 2. The molecule has 2 aliphatic rings. The molecule has 0 amide bonds. The second kappa shape index (κ2) is 4.42. The third-order valence-corrected chi connectivity index (χ3v) is 4.50. The molecule has 1 aliphatic heterocycles. The summed E-state index contributed by atoms with van der Waals surface area (Å²) in [4.78, 5) is 2.77. The smallest absolute Gasteiger partial charge is 0.0278 e. The molecule has 1 N–H and O–H groups in total. The van der Waals surface area contributed by atoms with Gasteiger partial charge in [-0.15, -0.1) is 0 Å².